The average Bonchev–Trinajstić information content (AvgIpc) is 2.31. The lowest BCUT2D eigenvalue weighted by Gasteiger charge is -2.05. The quantitative estimate of drug-likeness (QED) is 0.305. The fourth-order valence-corrected chi connectivity index (χ4v) is 0.828. The Morgan fingerprint density at radius 3 is 2.19 bits per heavy atom. The van der Waals surface area contributed by atoms with Gasteiger partial charge in [0.15, 0.2) is 0 Å². The van der Waals surface area contributed by atoms with Crippen molar-refractivity contribution in [3.8, 4) is 12.3 Å². The molecule has 0 fully saturated rings. The number of methoxy groups -OCH3 is 1. The number of ether oxygens (including phenoxy) is 4. The minimum Gasteiger partial charge on any atom is -0.469 e. The molecule has 92 valence electrons. The van der Waals surface area contributed by atoms with Gasteiger partial charge < -0.3 is 18.9 Å². The summed E-state index contributed by atoms with van der Waals surface area (Å²) in [7, 11) is 1.35. The summed E-state index contributed by atoms with van der Waals surface area (Å²) in [6.45, 7) is 2.55. The van der Waals surface area contributed by atoms with Gasteiger partial charge in [-0.2, -0.15) is 0 Å². The number of hydrogen-bond donors (Lipinski definition) is 0. The smallest absolute Gasteiger partial charge is 0.307 e. The first-order chi connectivity index (χ1) is 7.81. The molecule has 0 saturated heterocycles. The van der Waals surface area contributed by atoms with Crippen molar-refractivity contribution in [3.05, 3.63) is 0 Å². The average molecular weight is 230 g/mol. The minimum atomic E-state index is -0.274. The molecule has 5 heteroatoms. The summed E-state index contributed by atoms with van der Waals surface area (Å²) in [6, 6.07) is 0. The first-order valence-corrected chi connectivity index (χ1v) is 5.04. The van der Waals surface area contributed by atoms with Crippen LogP contribution < -0.4 is 0 Å². The van der Waals surface area contributed by atoms with Crippen LogP contribution in [0.2, 0.25) is 0 Å². The SMILES string of the molecule is C#CCOCCOCCOCCC(=O)OC. The molecule has 0 heterocycles. The number of carbonyl (C=O) groups excluding carboxylic acids is 1. The van der Waals surface area contributed by atoms with E-state index < -0.39 is 0 Å². The number of hydrogen-bond acceptors (Lipinski definition) is 5. The maximum absolute atomic E-state index is 10.7. The van der Waals surface area contributed by atoms with E-state index in [2.05, 4.69) is 10.7 Å². The standard InChI is InChI=1S/C11H18O5/c1-3-5-14-7-9-16-10-8-15-6-4-11(12)13-2/h1H,4-10H2,2H3. The lowest BCUT2D eigenvalue weighted by Crippen LogP contribution is -2.11. The summed E-state index contributed by atoms with van der Waals surface area (Å²) in [5, 5.41) is 0. The molecule has 0 aliphatic rings. The van der Waals surface area contributed by atoms with E-state index in [1.165, 1.54) is 7.11 Å². The lowest BCUT2D eigenvalue weighted by molar-refractivity contribution is -0.141. The third-order valence-electron chi connectivity index (χ3n) is 1.61. The molecule has 0 radical (unpaired) electrons. The maximum Gasteiger partial charge on any atom is 0.307 e. The van der Waals surface area contributed by atoms with Crippen molar-refractivity contribution in [1.29, 1.82) is 0 Å². The van der Waals surface area contributed by atoms with Crippen LogP contribution >= 0.6 is 0 Å². The Labute approximate surface area is 96.0 Å². The van der Waals surface area contributed by atoms with E-state index in [-0.39, 0.29) is 12.4 Å². The van der Waals surface area contributed by atoms with Gasteiger partial charge >= 0.3 is 5.97 Å². The van der Waals surface area contributed by atoms with Gasteiger partial charge in [-0.3, -0.25) is 4.79 Å². The molecule has 0 bridgehead atoms. The van der Waals surface area contributed by atoms with E-state index >= 15 is 0 Å². The third kappa shape index (κ3) is 11.0. The van der Waals surface area contributed by atoms with Crippen LogP contribution in [0.1, 0.15) is 6.42 Å². The minimum absolute atomic E-state index is 0.266. The van der Waals surface area contributed by atoms with Gasteiger partial charge in [-0.05, 0) is 0 Å². The fraction of sp³-hybridized carbons (Fsp3) is 0.727. The maximum atomic E-state index is 10.7. The van der Waals surface area contributed by atoms with Crippen LogP contribution in [-0.4, -0.2) is 52.7 Å². The summed E-state index contributed by atoms with van der Waals surface area (Å²) in [5.74, 6) is 2.08. The predicted molar refractivity (Wildman–Crippen MR) is 57.9 cm³/mol. The molecule has 16 heavy (non-hydrogen) atoms. The highest BCUT2D eigenvalue weighted by atomic mass is 16.5. The Morgan fingerprint density at radius 2 is 1.62 bits per heavy atom. The molecule has 0 atom stereocenters. The highest BCUT2D eigenvalue weighted by Crippen LogP contribution is 1.86. The van der Waals surface area contributed by atoms with Gasteiger partial charge in [0.25, 0.3) is 0 Å². The van der Waals surface area contributed by atoms with E-state index in [9.17, 15) is 4.79 Å². The van der Waals surface area contributed by atoms with Crippen LogP contribution in [0.25, 0.3) is 0 Å². The summed E-state index contributed by atoms with van der Waals surface area (Å²) >= 11 is 0. The summed E-state index contributed by atoms with van der Waals surface area (Å²) in [6.07, 6.45) is 5.25. The van der Waals surface area contributed by atoms with E-state index in [4.69, 9.17) is 20.6 Å². The Balaban J connectivity index is 2.99. The van der Waals surface area contributed by atoms with Crippen LogP contribution in [0.5, 0.6) is 0 Å². The molecule has 0 aromatic rings. The second kappa shape index (κ2) is 12.0. The molecular formula is C11H18O5. The Kier molecular flexibility index (Phi) is 11.2. The second-order valence-electron chi connectivity index (χ2n) is 2.81. The predicted octanol–water partition coefficient (Wildman–Crippen LogP) is 0.232. The van der Waals surface area contributed by atoms with Crippen molar-refractivity contribution >= 4 is 5.97 Å². The van der Waals surface area contributed by atoms with E-state index in [1.54, 1.807) is 0 Å². The molecular weight excluding hydrogens is 212 g/mol. The normalized spacial score (nSPS) is 9.75. The molecule has 0 amide bonds. The summed E-state index contributed by atoms with van der Waals surface area (Å²) in [4.78, 5) is 10.7. The molecule has 5 nitrogen and oxygen atoms in total. The zero-order valence-corrected chi connectivity index (χ0v) is 9.57. The first kappa shape index (κ1) is 14.9. The highest BCUT2D eigenvalue weighted by molar-refractivity contribution is 5.69. The molecule has 0 aliphatic heterocycles. The molecule has 0 rings (SSSR count). The third-order valence-corrected chi connectivity index (χ3v) is 1.61. The van der Waals surface area contributed by atoms with Gasteiger partial charge in [0, 0.05) is 0 Å². The molecule has 0 aromatic carbocycles. The fourth-order valence-electron chi connectivity index (χ4n) is 0.828. The molecule has 0 unspecified atom stereocenters. The van der Waals surface area contributed by atoms with Crippen LogP contribution in [0.15, 0.2) is 0 Å². The summed E-state index contributed by atoms with van der Waals surface area (Å²) in [5.41, 5.74) is 0. The van der Waals surface area contributed by atoms with Gasteiger partial charge in [-0.15, -0.1) is 6.42 Å². The van der Waals surface area contributed by atoms with E-state index in [1.807, 2.05) is 0 Å². The number of esters is 1. The largest absolute Gasteiger partial charge is 0.469 e. The van der Waals surface area contributed by atoms with Crippen LogP contribution in [0.3, 0.4) is 0 Å². The van der Waals surface area contributed by atoms with Crippen molar-refractivity contribution in [2.24, 2.45) is 0 Å². The molecule has 0 aromatic heterocycles. The second-order valence-corrected chi connectivity index (χ2v) is 2.81. The topological polar surface area (TPSA) is 54.0 Å². The van der Waals surface area contributed by atoms with Gasteiger partial charge in [0.1, 0.15) is 6.61 Å². The number of terminal acetylenes is 1. The van der Waals surface area contributed by atoms with Crippen molar-refractivity contribution in [1.82, 2.24) is 0 Å². The van der Waals surface area contributed by atoms with Crippen LogP contribution in [0.4, 0.5) is 0 Å². The van der Waals surface area contributed by atoms with Crippen LogP contribution in [-0.2, 0) is 23.7 Å². The number of rotatable bonds is 10. The zero-order chi connectivity index (χ0) is 12.1. The van der Waals surface area contributed by atoms with Crippen molar-refractivity contribution < 1.29 is 23.7 Å². The molecule has 0 aliphatic carbocycles. The van der Waals surface area contributed by atoms with Gasteiger partial charge in [-0.1, -0.05) is 5.92 Å². The van der Waals surface area contributed by atoms with Gasteiger partial charge in [-0.25, -0.2) is 0 Å². The summed E-state index contributed by atoms with van der Waals surface area (Å²) < 4.78 is 19.8. The first-order valence-electron chi connectivity index (χ1n) is 5.04. The molecule has 0 N–H and O–H groups in total. The molecule has 0 saturated carbocycles. The monoisotopic (exact) mass is 230 g/mol. The van der Waals surface area contributed by atoms with Gasteiger partial charge in [0.2, 0.25) is 0 Å². The number of carbonyl (C=O) groups is 1. The van der Waals surface area contributed by atoms with Gasteiger partial charge in [0.05, 0.1) is 46.6 Å². The Morgan fingerprint density at radius 1 is 1.06 bits per heavy atom. The Hall–Kier alpha value is -1.09. The van der Waals surface area contributed by atoms with E-state index in [0.29, 0.717) is 39.6 Å². The lowest BCUT2D eigenvalue weighted by atomic mass is 10.5. The zero-order valence-electron chi connectivity index (χ0n) is 9.57. The molecule has 0 spiro atoms. The Bertz CT molecular complexity index is 209. The van der Waals surface area contributed by atoms with E-state index in [0.717, 1.165) is 0 Å². The van der Waals surface area contributed by atoms with Crippen molar-refractivity contribution in [2.75, 3.05) is 46.8 Å². The van der Waals surface area contributed by atoms with Crippen LogP contribution in [0, 0.1) is 12.3 Å². The van der Waals surface area contributed by atoms with Crippen molar-refractivity contribution in [3.63, 3.8) is 0 Å². The van der Waals surface area contributed by atoms with Crippen molar-refractivity contribution in [2.45, 2.75) is 6.42 Å². The highest BCUT2D eigenvalue weighted by Gasteiger charge is 1.98.